The minimum absolute atomic E-state index is 0.575. The van der Waals surface area contributed by atoms with Gasteiger partial charge >= 0.3 is 12.1 Å². The molecular formula is C19H19F3N2O3. The number of benzene rings is 1. The van der Waals surface area contributed by atoms with E-state index >= 15 is 0 Å². The van der Waals surface area contributed by atoms with Crippen molar-refractivity contribution in [1.82, 2.24) is 9.55 Å². The van der Waals surface area contributed by atoms with Crippen molar-refractivity contribution in [3.63, 3.8) is 0 Å². The summed E-state index contributed by atoms with van der Waals surface area (Å²) >= 11 is 0. The van der Waals surface area contributed by atoms with E-state index in [1.54, 1.807) is 6.20 Å². The summed E-state index contributed by atoms with van der Waals surface area (Å²) in [5.41, 5.74) is 3.58. The van der Waals surface area contributed by atoms with Crippen LogP contribution in [0.1, 0.15) is 11.3 Å². The Balaban J connectivity index is 0.000000321. The van der Waals surface area contributed by atoms with E-state index in [0.717, 1.165) is 12.1 Å². The Labute approximate surface area is 154 Å². The average molecular weight is 380 g/mol. The third-order valence-corrected chi connectivity index (χ3v) is 3.71. The fourth-order valence-corrected chi connectivity index (χ4v) is 2.47. The Morgan fingerprint density at radius 1 is 1.19 bits per heavy atom. The van der Waals surface area contributed by atoms with Gasteiger partial charge in [0.15, 0.2) is 0 Å². The van der Waals surface area contributed by atoms with E-state index in [1.165, 1.54) is 16.5 Å². The Bertz CT molecular complexity index is 877. The molecule has 3 aromatic rings. The fourth-order valence-electron chi connectivity index (χ4n) is 2.47. The van der Waals surface area contributed by atoms with Gasteiger partial charge in [0, 0.05) is 30.3 Å². The van der Waals surface area contributed by atoms with Crippen LogP contribution in [0.2, 0.25) is 0 Å². The third-order valence-electron chi connectivity index (χ3n) is 3.71. The first-order valence-corrected chi connectivity index (χ1v) is 8.09. The quantitative estimate of drug-likeness (QED) is 0.681. The molecule has 0 bridgehead atoms. The number of halogens is 3. The molecule has 0 amide bonds. The van der Waals surface area contributed by atoms with Crippen molar-refractivity contribution in [3.8, 4) is 0 Å². The van der Waals surface area contributed by atoms with Crippen molar-refractivity contribution in [3.05, 3.63) is 66.1 Å². The van der Waals surface area contributed by atoms with Crippen LogP contribution in [0.3, 0.4) is 0 Å². The second kappa shape index (κ2) is 9.18. The second-order valence-electron chi connectivity index (χ2n) is 5.71. The number of carboxylic acid groups (broad SMARTS) is 1. The van der Waals surface area contributed by atoms with Crippen LogP contribution in [0.15, 0.2) is 54.9 Å². The minimum Gasteiger partial charge on any atom is -0.475 e. The maximum absolute atomic E-state index is 10.6. The average Bonchev–Trinajstić information content (AvgIpc) is 2.96. The number of aryl methyl sites for hydroxylation is 1. The van der Waals surface area contributed by atoms with Crippen LogP contribution in [-0.2, 0) is 29.6 Å². The zero-order valence-electron chi connectivity index (χ0n) is 14.6. The number of hydrogen-bond donors (Lipinski definition) is 1. The number of rotatable bonds is 5. The molecule has 2 aromatic heterocycles. The van der Waals surface area contributed by atoms with Crippen LogP contribution in [0.5, 0.6) is 0 Å². The first-order chi connectivity index (χ1) is 12.8. The number of ether oxygens (including phenoxy) is 1. The van der Waals surface area contributed by atoms with Crippen LogP contribution >= 0.6 is 0 Å². The molecule has 0 radical (unpaired) electrons. The molecule has 1 N–H and O–H groups in total. The molecule has 2 heterocycles. The molecule has 0 saturated heterocycles. The van der Waals surface area contributed by atoms with Gasteiger partial charge in [-0.2, -0.15) is 13.2 Å². The van der Waals surface area contributed by atoms with Gasteiger partial charge in [-0.05, 0) is 30.2 Å². The van der Waals surface area contributed by atoms with E-state index in [1.807, 2.05) is 18.2 Å². The van der Waals surface area contributed by atoms with E-state index in [-0.39, 0.29) is 0 Å². The van der Waals surface area contributed by atoms with Crippen molar-refractivity contribution in [1.29, 1.82) is 0 Å². The van der Waals surface area contributed by atoms with Gasteiger partial charge in [-0.25, -0.2) is 4.79 Å². The highest BCUT2D eigenvalue weighted by Crippen LogP contribution is 2.20. The third kappa shape index (κ3) is 6.10. The summed E-state index contributed by atoms with van der Waals surface area (Å²) in [4.78, 5) is 13.1. The van der Waals surface area contributed by atoms with Crippen molar-refractivity contribution in [2.24, 2.45) is 7.05 Å². The summed E-state index contributed by atoms with van der Waals surface area (Å²) in [6.07, 6.45) is -0.174. The lowest BCUT2D eigenvalue weighted by Gasteiger charge is -2.03. The number of fused-ring (bicyclic) bond motifs is 1. The number of nitrogens with zero attached hydrogens (tertiary/aromatic N) is 2. The Kier molecular flexibility index (Phi) is 6.95. The van der Waals surface area contributed by atoms with E-state index in [9.17, 15) is 13.2 Å². The van der Waals surface area contributed by atoms with Gasteiger partial charge in [0.1, 0.15) is 0 Å². The molecule has 0 aliphatic carbocycles. The van der Waals surface area contributed by atoms with Gasteiger partial charge < -0.3 is 14.4 Å². The Morgan fingerprint density at radius 2 is 1.85 bits per heavy atom. The zero-order chi connectivity index (χ0) is 19.9. The number of pyridine rings is 1. The molecular weight excluding hydrogens is 361 g/mol. The van der Waals surface area contributed by atoms with Crippen LogP contribution < -0.4 is 0 Å². The van der Waals surface area contributed by atoms with Gasteiger partial charge in [-0.15, -0.1) is 0 Å². The SMILES string of the molecule is Cn1cc(CCOCc2ccccn2)c2ccccc21.O=C(O)C(F)(F)F. The summed E-state index contributed by atoms with van der Waals surface area (Å²) in [6, 6.07) is 14.4. The zero-order valence-corrected chi connectivity index (χ0v) is 14.6. The van der Waals surface area contributed by atoms with Crippen molar-refractivity contribution >= 4 is 16.9 Å². The number of alkyl halides is 3. The minimum atomic E-state index is -5.08. The second-order valence-corrected chi connectivity index (χ2v) is 5.71. The molecule has 27 heavy (non-hydrogen) atoms. The lowest BCUT2D eigenvalue weighted by Crippen LogP contribution is -2.21. The summed E-state index contributed by atoms with van der Waals surface area (Å²) in [5.74, 6) is -2.76. The molecule has 0 saturated carbocycles. The molecule has 8 heteroatoms. The number of aromatic nitrogens is 2. The molecule has 0 atom stereocenters. The monoisotopic (exact) mass is 380 g/mol. The number of carboxylic acids is 1. The summed E-state index contributed by atoms with van der Waals surface area (Å²) in [7, 11) is 2.08. The number of hydrogen-bond acceptors (Lipinski definition) is 3. The largest absolute Gasteiger partial charge is 0.490 e. The van der Waals surface area contributed by atoms with Crippen molar-refractivity contribution in [2.45, 2.75) is 19.2 Å². The molecule has 5 nitrogen and oxygen atoms in total. The van der Waals surface area contributed by atoms with Crippen molar-refractivity contribution in [2.75, 3.05) is 6.61 Å². The highest BCUT2D eigenvalue weighted by Gasteiger charge is 2.38. The molecule has 144 valence electrons. The molecule has 0 unspecified atom stereocenters. The summed E-state index contributed by atoms with van der Waals surface area (Å²) in [5, 5.41) is 8.44. The maximum Gasteiger partial charge on any atom is 0.490 e. The van der Waals surface area contributed by atoms with E-state index in [2.05, 4.69) is 47.1 Å². The van der Waals surface area contributed by atoms with Gasteiger partial charge in [0.2, 0.25) is 0 Å². The first-order valence-electron chi connectivity index (χ1n) is 8.09. The number of carbonyl (C=O) groups is 1. The standard InChI is InChI=1S/C17H18N2O.C2HF3O2/c1-19-12-14(16-7-2-3-8-17(16)19)9-11-20-13-15-6-4-5-10-18-15;3-2(4,5)1(6)7/h2-8,10,12H,9,11,13H2,1H3;(H,6,7). The smallest absolute Gasteiger partial charge is 0.475 e. The molecule has 1 aromatic carbocycles. The highest BCUT2D eigenvalue weighted by molar-refractivity contribution is 5.83. The van der Waals surface area contributed by atoms with Gasteiger partial charge in [0.25, 0.3) is 0 Å². The summed E-state index contributed by atoms with van der Waals surface area (Å²) in [6.45, 7) is 1.29. The normalized spacial score (nSPS) is 11.1. The fraction of sp³-hybridized carbons (Fsp3) is 0.263. The Hall–Kier alpha value is -2.87. The van der Waals surface area contributed by atoms with Crippen LogP contribution in [0.25, 0.3) is 10.9 Å². The van der Waals surface area contributed by atoms with E-state index < -0.39 is 12.1 Å². The van der Waals surface area contributed by atoms with E-state index in [4.69, 9.17) is 14.6 Å². The van der Waals surface area contributed by atoms with Crippen LogP contribution in [0.4, 0.5) is 13.2 Å². The molecule has 0 aliphatic heterocycles. The lowest BCUT2D eigenvalue weighted by atomic mass is 10.1. The van der Waals surface area contributed by atoms with Crippen molar-refractivity contribution < 1.29 is 27.8 Å². The lowest BCUT2D eigenvalue weighted by molar-refractivity contribution is -0.192. The van der Waals surface area contributed by atoms with E-state index in [0.29, 0.717) is 13.2 Å². The van der Waals surface area contributed by atoms with Crippen LogP contribution in [-0.4, -0.2) is 33.4 Å². The number of para-hydroxylation sites is 1. The predicted octanol–water partition coefficient (Wildman–Crippen LogP) is 3.97. The van der Waals surface area contributed by atoms with Gasteiger partial charge in [-0.1, -0.05) is 24.3 Å². The van der Waals surface area contributed by atoms with Crippen LogP contribution in [0, 0.1) is 0 Å². The highest BCUT2D eigenvalue weighted by atomic mass is 19.4. The van der Waals surface area contributed by atoms with Gasteiger partial charge in [0.05, 0.1) is 18.9 Å². The topological polar surface area (TPSA) is 64.4 Å². The Morgan fingerprint density at radius 3 is 2.48 bits per heavy atom. The number of aliphatic carboxylic acids is 1. The van der Waals surface area contributed by atoms with Gasteiger partial charge in [-0.3, -0.25) is 4.98 Å². The first kappa shape index (κ1) is 20.4. The molecule has 3 rings (SSSR count). The molecule has 0 aliphatic rings. The molecule has 0 fully saturated rings. The molecule has 0 spiro atoms. The summed E-state index contributed by atoms with van der Waals surface area (Å²) < 4.78 is 39.6. The maximum atomic E-state index is 10.6. The predicted molar refractivity (Wildman–Crippen MR) is 94.2 cm³/mol.